The topological polar surface area (TPSA) is 38.8 Å². The highest BCUT2D eigenvalue weighted by Crippen LogP contribution is 2.40. The van der Waals surface area contributed by atoms with Crippen LogP contribution in [0.1, 0.15) is 29.9 Å². The van der Waals surface area contributed by atoms with E-state index in [2.05, 4.69) is 24.3 Å². The van der Waals surface area contributed by atoms with Gasteiger partial charge in [0.15, 0.2) is 11.5 Å². The van der Waals surface area contributed by atoms with Gasteiger partial charge in [0, 0.05) is 19.2 Å². The van der Waals surface area contributed by atoms with E-state index in [1.807, 2.05) is 17.0 Å². The Morgan fingerprint density at radius 3 is 2.65 bits per heavy atom. The molecule has 0 N–H and O–H groups in total. The summed E-state index contributed by atoms with van der Waals surface area (Å²) in [6.07, 6.45) is 5.38. The van der Waals surface area contributed by atoms with E-state index in [9.17, 15) is 4.79 Å². The first-order valence-corrected chi connectivity index (χ1v) is 9.19. The van der Waals surface area contributed by atoms with Crippen molar-refractivity contribution in [2.45, 2.75) is 18.8 Å². The van der Waals surface area contributed by atoms with Gasteiger partial charge in [0.2, 0.25) is 12.7 Å². The number of ether oxygens (including phenoxy) is 2. The highest BCUT2D eigenvalue weighted by molar-refractivity contribution is 6.32. The maximum absolute atomic E-state index is 12.5. The highest BCUT2D eigenvalue weighted by Gasteiger charge is 2.22. The summed E-state index contributed by atoms with van der Waals surface area (Å²) in [7, 11) is 0. The number of halogens is 1. The van der Waals surface area contributed by atoms with Crippen molar-refractivity contribution < 1.29 is 14.3 Å². The molecule has 1 saturated heterocycles. The molecule has 0 atom stereocenters. The molecule has 134 valence electrons. The minimum atomic E-state index is 0.0327. The van der Waals surface area contributed by atoms with Gasteiger partial charge < -0.3 is 14.4 Å². The lowest BCUT2D eigenvalue weighted by Crippen LogP contribution is -2.36. The number of hydrogen-bond acceptors (Lipinski definition) is 3. The number of benzene rings is 2. The average molecular weight is 370 g/mol. The van der Waals surface area contributed by atoms with Crippen molar-refractivity contribution >= 4 is 23.6 Å². The molecule has 4 nitrogen and oxygen atoms in total. The molecule has 2 aliphatic rings. The summed E-state index contributed by atoms with van der Waals surface area (Å²) in [6.45, 7) is 1.74. The van der Waals surface area contributed by atoms with E-state index in [0.717, 1.165) is 31.5 Å². The third-order valence-corrected chi connectivity index (χ3v) is 5.23. The first kappa shape index (κ1) is 17.0. The van der Waals surface area contributed by atoms with Gasteiger partial charge >= 0.3 is 0 Å². The molecular formula is C21H20ClNO3. The van der Waals surface area contributed by atoms with Crippen LogP contribution in [0, 0.1) is 0 Å². The monoisotopic (exact) mass is 369 g/mol. The largest absolute Gasteiger partial charge is 0.454 e. The summed E-state index contributed by atoms with van der Waals surface area (Å²) in [6, 6.07) is 14.1. The second-order valence-corrected chi connectivity index (χ2v) is 6.99. The van der Waals surface area contributed by atoms with Gasteiger partial charge in [-0.15, -0.1) is 0 Å². The Labute approximate surface area is 158 Å². The number of fused-ring (bicyclic) bond motifs is 1. The summed E-state index contributed by atoms with van der Waals surface area (Å²) in [5, 5.41) is 0.496. The Kier molecular flexibility index (Phi) is 4.85. The number of amides is 1. The molecule has 0 aromatic heterocycles. The SMILES string of the molecule is O=C(/C=C/c1cc(Cl)c2c(c1)OCO2)N1CCC(c2ccccc2)CC1. The Morgan fingerprint density at radius 2 is 1.88 bits per heavy atom. The van der Waals surface area contributed by atoms with Crippen molar-refractivity contribution in [2.75, 3.05) is 19.9 Å². The zero-order valence-corrected chi connectivity index (χ0v) is 15.1. The summed E-state index contributed by atoms with van der Waals surface area (Å²) >= 11 is 6.18. The number of rotatable bonds is 3. The summed E-state index contributed by atoms with van der Waals surface area (Å²) in [5.41, 5.74) is 2.19. The number of carbonyl (C=O) groups excluding carboxylic acids is 1. The van der Waals surface area contributed by atoms with E-state index in [1.54, 1.807) is 18.2 Å². The molecule has 1 fully saturated rings. The van der Waals surface area contributed by atoms with Crippen molar-refractivity contribution in [3.8, 4) is 11.5 Å². The van der Waals surface area contributed by atoms with Crippen LogP contribution < -0.4 is 9.47 Å². The predicted octanol–water partition coefficient (Wildman–Crippen LogP) is 4.49. The van der Waals surface area contributed by atoms with Gasteiger partial charge in [-0.1, -0.05) is 41.9 Å². The Balaban J connectivity index is 1.37. The fourth-order valence-electron chi connectivity index (χ4n) is 3.51. The molecule has 0 radical (unpaired) electrons. The standard InChI is InChI=1S/C21H20ClNO3/c22-18-12-15(13-19-21(18)26-14-25-19)6-7-20(24)23-10-8-17(9-11-23)16-4-2-1-3-5-16/h1-7,12-13,17H,8-11,14H2/b7-6+. The number of nitrogens with zero attached hydrogens (tertiary/aromatic N) is 1. The van der Waals surface area contributed by atoms with Crippen LogP contribution in [0.3, 0.4) is 0 Å². The maximum Gasteiger partial charge on any atom is 0.246 e. The van der Waals surface area contributed by atoms with Crippen molar-refractivity contribution in [1.29, 1.82) is 0 Å². The first-order valence-electron chi connectivity index (χ1n) is 8.82. The highest BCUT2D eigenvalue weighted by atomic mass is 35.5. The van der Waals surface area contributed by atoms with E-state index in [4.69, 9.17) is 21.1 Å². The molecule has 2 aromatic carbocycles. The molecule has 5 heteroatoms. The first-order chi connectivity index (χ1) is 12.7. The number of hydrogen-bond donors (Lipinski definition) is 0. The smallest absolute Gasteiger partial charge is 0.246 e. The molecule has 2 heterocycles. The number of carbonyl (C=O) groups is 1. The van der Waals surface area contributed by atoms with Crippen LogP contribution in [-0.2, 0) is 4.79 Å². The molecule has 4 rings (SSSR count). The van der Waals surface area contributed by atoms with Gasteiger partial charge in [-0.25, -0.2) is 0 Å². The van der Waals surface area contributed by atoms with Crippen LogP contribution >= 0.6 is 11.6 Å². The maximum atomic E-state index is 12.5. The summed E-state index contributed by atoms with van der Waals surface area (Å²) in [5.74, 6) is 1.76. The van der Waals surface area contributed by atoms with Crippen molar-refractivity contribution in [3.05, 3.63) is 64.7 Å². The van der Waals surface area contributed by atoms with Crippen LogP contribution in [0.2, 0.25) is 5.02 Å². The summed E-state index contributed by atoms with van der Waals surface area (Å²) in [4.78, 5) is 14.4. The zero-order valence-electron chi connectivity index (χ0n) is 14.4. The van der Waals surface area contributed by atoms with Crippen LogP contribution in [0.25, 0.3) is 6.08 Å². The fourth-order valence-corrected chi connectivity index (χ4v) is 3.79. The molecule has 0 bridgehead atoms. The van der Waals surface area contributed by atoms with Crippen LogP contribution in [0.5, 0.6) is 11.5 Å². The normalized spacial score (nSPS) is 17.0. The third-order valence-electron chi connectivity index (χ3n) is 4.95. The molecule has 1 amide bonds. The average Bonchev–Trinajstić information content (AvgIpc) is 3.16. The molecular weight excluding hydrogens is 350 g/mol. The third kappa shape index (κ3) is 3.56. The molecule has 0 spiro atoms. The molecule has 2 aromatic rings. The van der Waals surface area contributed by atoms with Crippen LogP contribution in [0.15, 0.2) is 48.5 Å². The second kappa shape index (κ2) is 7.42. The minimum absolute atomic E-state index is 0.0327. The minimum Gasteiger partial charge on any atom is -0.454 e. The van der Waals surface area contributed by atoms with Gasteiger partial charge in [-0.2, -0.15) is 0 Å². The lowest BCUT2D eigenvalue weighted by molar-refractivity contribution is -0.126. The lowest BCUT2D eigenvalue weighted by atomic mass is 9.89. The van der Waals surface area contributed by atoms with Gasteiger partial charge in [-0.05, 0) is 48.1 Å². The lowest BCUT2D eigenvalue weighted by Gasteiger charge is -2.31. The number of likely N-dealkylation sites (tertiary alicyclic amines) is 1. The number of piperidine rings is 1. The van der Waals surface area contributed by atoms with E-state index in [0.29, 0.717) is 22.4 Å². The van der Waals surface area contributed by atoms with E-state index < -0.39 is 0 Å². The van der Waals surface area contributed by atoms with Gasteiger partial charge in [0.05, 0.1) is 5.02 Å². The Hall–Kier alpha value is -2.46. The van der Waals surface area contributed by atoms with Crippen molar-refractivity contribution in [3.63, 3.8) is 0 Å². The molecule has 26 heavy (non-hydrogen) atoms. The van der Waals surface area contributed by atoms with E-state index >= 15 is 0 Å². The van der Waals surface area contributed by atoms with Gasteiger partial charge in [0.25, 0.3) is 0 Å². The molecule has 2 aliphatic heterocycles. The van der Waals surface area contributed by atoms with Crippen LogP contribution in [-0.4, -0.2) is 30.7 Å². The predicted molar refractivity (Wildman–Crippen MR) is 102 cm³/mol. The zero-order chi connectivity index (χ0) is 17.9. The van der Waals surface area contributed by atoms with Gasteiger partial charge in [-0.3, -0.25) is 4.79 Å². The molecule has 0 unspecified atom stereocenters. The molecule has 0 aliphatic carbocycles. The van der Waals surface area contributed by atoms with E-state index in [1.165, 1.54) is 5.56 Å². The van der Waals surface area contributed by atoms with Crippen molar-refractivity contribution in [1.82, 2.24) is 4.90 Å². The van der Waals surface area contributed by atoms with Crippen molar-refractivity contribution in [2.24, 2.45) is 0 Å². The van der Waals surface area contributed by atoms with E-state index in [-0.39, 0.29) is 12.7 Å². The second-order valence-electron chi connectivity index (χ2n) is 6.58. The molecule has 0 saturated carbocycles. The summed E-state index contributed by atoms with van der Waals surface area (Å²) < 4.78 is 10.7. The Morgan fingerprint density at radius 1 is 1.12 bits per heavy atom. The quantitative estimate of drug-likeness (QED) is 0.748. The Bertz CT molecular complexity index is 827. The van der Waals surface area contributed by atoms with Gasteiger partial charge in [0.1, 0.15) is 0 Å². The van der Waals surface area contributed by atoms with Crippen LogP contribution in [0.4, 0.5) is 0 Å². The fraction of sp³-hybridized carbons (Fsp3) is 0.286.